The Morgan fingerprint density at radius 2 is 1.75 bits per heavy atom. The highest BCUT2D eigenvalue weighted by Gasteiger charge is 2.22. The maximum absolute atomic E-state index is 12.6. The molecule has 0 aliphatic rings. The lowest BCUT2D eigenvalue weighted by Crippen LogP contribution is -2.20. The number of carbonyl (C=O) groups is 1. The lowest BCUT2D eigenvalue weighted by molar-refractivity contribution is -0.163. The minimum atomic E-state index is -0.814. The van der Waals surface area contributed by atoms with E-state index in [0.717, 1.165) is 28.1 Å². The molecule has 0 fully saturated rings. The molecule has 6 heteroatoms. The Hall–Kier alpha value is -3.67. The topological polar surface area (TPSA) is 65.7 Å². The highest BCUT2D eigenvalue weighted by atomic mass is 16.7. The summed E-state index contributed by atoms with van der Waals surface area (Å²) in [7, 11) is 1.73. The molecule has 0 aliphatic carbocycles. The average Bonchev–Trinajstić information content (AvgIpc) is 3.22. The molecular formula is C30H37N3O3. The molecule has 1 heterocycles. The first kappa shape index (κ1) is 26.9. The fraction of sp³-hybridized carbons (Fsp3) is 0.367. The summed E-state index contributed by atoms with van der Waals surface area (Å²) in [6, 6.07) is 19.9. The molecule has 3 aromatic rings. The van der Waals surface area contributed by atoms with Crippen molar-refractivity contribution in [2.45, 2.75) is 66.2 Å². The second kappa shape index (κ2) is 11.8. The largest absolute Gasteiger partial charge is 0.452 e. The van der Waals surface area contributed by atoms with Gasteiger partial charge in [-0.25, -0.2) is 0 Å². The van der Waals surface area contributed by atoms with Crippen molar-refractivity contribution in [3.8, 4) is 0 Å². The van der Waals surface area contributed by atoms with E-state index in [4.69, 9.17) is 9.47 Å². The fourth-order valence-electron chi connectivity index (χ4n) is 3.95. The predicted octanol–water partition coefficient (Wildman–Crippen LogP) is 6.23. The van der Waals surface area contributed by atoms with E-state index in [0.29, 0.717) is 12.3 Å². The van der Waals surface area contributed by atoms with Gasteiger partial charge in [-0.2, -0.15) is 5.10 Å². The number of aliphatic imine (C=N–C) groups is 1. The van der Waals surface area contributed by atoms with Gasteiger partial charge in [-0.3, -0.25) is 14.5 Å². The highest BCUT2D eigenvalue weighted by Crippen LogP contribution is 2.31. The third-order valence-corrected chi connectivity index (χ3v) is 5.77. The molecule has 0 amide bonds. The van der Waals surface area contributed by atoms with Crippen LogP contribution < -0.4 is 0 Å². The van der Waals surface area contributed by atoms with Crippen molar-refractivity contribution < 1.29 is 14.3 Å². The summed E-state index contributed by atoms with van der Waals surface area (Å²) in [6.07, 6.45) is 1.14. The molecule has 0 saturated heterocycles. The first-order valence-corrected chi connectivity index (χ1v) is 12.3. The van der Waals surface area contributed by atoms with Crippen molar-refractivity contribution in [3.05, 3.63) is 88.7 Å². The van der Waals surface area contributed by atoms with Gasteiger partial charge in [0.2, 0.25) is 6.29 Å². The van der Waals surface area contributed by atoms with Crippen LogP contribution >= 0.6 is 0 Å². The zero-order valence-electron chi connectivity index (χ0n) is 22.4. The molecule has 1 aromatic heterocycles. The number of hydrogen-bond acceptors (Lipinski definition) is 5. The Morgan fingerprint density at radius 1 is 1.08 bits per heavy atom. The van der Waals surface area contributed by atoms with Gasteiger partial charge in [0.05, 0.1) is 12.1 Å². The number of carbonyl (C=O) groups excluding carboxylic acids is 1. The smallest absolute Gasteiger partial charge is 0.313 e. The number of hydrogen-bond donors (Lipinski definition) is 0. The summed E-state index contributed by atoms with van der Waals surface area (Å²) in [4.78, 5) is 16.9. The van der Waals surface area contributed by atoms with Gasteiger partial charge in [-0.05, 0) is 42.0 Å². The Labute approximate surface area is 214 Å². The summed E-state index contributed by atoms with van der Waals surface area (Å²) in [5.74, 6) is 0.208. The van der Waals surface area contributed by atoms with Crippen LogP contribution in [0.4, 0.5) is 0 Å². The number of nitrogens with zero attached hydrogens (tertiary/aromatic N) is 3. The molecule has 3 rings (SSSR count). The van der Waals surface area contributed by atoms with Gasteiger partial charge in [-0.15, -0.1) is 0 Å². The second-order valence-corrected chi connectivity index (χ2v) is 9.78. The van der Waals surface area contributed by atoms with E-state index < -0.39 is 6.29 Å². The van der Waals surface area contributed by atoms with E-state index in [1.165, 1.54) is 5.56 Å². The van der Waals surface area contributed by atoms with Crippen LogP contribution in [-0.2, 0) is 32.6 Å². The molecule has 0 aliphatic heterocycles. The Kier molecular flexibility index (Phi) is 8.86. The molecule has 1 unspecified atom stereocenters. The zero-order chi connectivity index (χ0) is 26.3. The highest BCUT2D eigenvalue weighted by molar-refractivity contribution is 6.18. The summed E-state index contributed by atoms with van der Waals surface area (Å²) in [5, 5.41) is 4.61. The Morgan fingerprint density at radius 3 is 2.33 bits per heavy atom. The molecule has 190 valence electrons. The SMILES string of the molecule is CCn1nc(C)cc1/C(OC(C)OC(=O)Cc1ccccc1)=C(\C=N/C)c1ccc(C(C)(C)C)cc1. The van der Waals surface area contributed by atoms with E-state index in [9.17, 15) is 4.79 Å². The lowest BCUT2D eigenvalue weighted by Gasteiger charge is -2.22. The molecule has 2 aromatic carbocycles. The Balaban J connectivity index is 2.00. The van der Waals surface area contributed by atoms with Crippen molar-refractivity contribution >= 4 is 23.5 Å². The lowest BCUT2D eigenvalue weighted by atomic mass is 9.86. The van der Waals surface area contributed by atoms with Gasteiger partial charge in [0, 0.05) is 32.3 Å². The van der Waals surface area contributed by atoms with Crippen LogP contribution in [-0.4, -0.2) is 35.3 Å². The van der Waals surface area contributed by atoms with E-state index >= 15 is 0 Å². The van der Waals surface area contributed by atoms with Crippen molar-refractivity contribution in [2.24, 2.45) is 4.99 Å². The van der Waals surface area contributed by atoms with Gasteiger partial charge < -0.3 is 9.47 Å². The van der Waals surface area contributed by atoms with Crippen LogP contribution in [0.1, 0.15) is 62.7 Å². The van der Waals surface area contributed by atoms with Crippen LogP contribution in [0.5, 0.6) is 0 Å². The van der Waals surface area contributed by atoms with Crippen molar-refractivity contribution in [1.29, 1.82) is 0 Å². The van der Waals surface area contributed by atoms with Crippen LogP contribution in [0.2, 0.25) is 0 Å². The first-order valence-electron chi connectivity index (χ1n) is 12.3. The molecular weight excluding hydrogens is 450 g/mol. The normalized spacial score (nSPS) is 13.4. The van der Waals surface area contributed by atoms with E-state index in [1.807, 2.05) is 54.9 Å². The summed E-state index contributed by atoms with van der Waals surface area (Å²) in [6.45, 7) is 12.9. The number of allylic oxidation sites excluding steroid dienone is 1. The molecule has 36 heavy (non-hydrogen) atoms. The number of benzene rings is 2. The van der Waals surface area contributed by atoms with Crippen molar-refractivity contribution in [2.75, 3.05) is 7.05 Å². The average molecular weight is 488 g/mol. The van der Waals surface area contributed by atoms with Gasteiger partial charge in [0.25, 0.3) is 0 Å². The monoisotopic (exact) mass is 487 g/mol. The molecule has 1 atom stereocenters. The summed E-state index contributed by atoms with van der Waals surface area (Å²) in [5.41, 5.74) is 5.58. The third kappa shape index (κ3) is 6.94. The fourth-order valence-corrected chi connectivity index (χ4v) is 3.95. The Bertz CT molecular complexity index is 1220. The third-order valence-electron chi connectivity index (χ3n) is 5.77. The van der Waals surface area contributed by atoms with Crippen molar-refractivity contribution in [1.82, 2.24) is 9.78 Å². The molecule has 6 nitrogen and oxygen atoms in total. The number of aromatic nitrogens is 2. The van der Waals surface area contributed by atoms with Crippen LogP contribution in [0.15, 0.2) is 65.7 Å². The van der Waals surface area contributed by atoms with E-state index in [2.05, 4.69) is 55.1 Å². The van der Waals surface area contributed by atoms with E-state index in [1.54, 1.807) is 20.2 Å². The molecule has 0 radical (unpaired) electrons. The van der Waals surface area contributed by atoms with Crippen LogP contribution in [0.25, 0.3) is 11.3 Å². The van der Waals surface area contributed by atoms with Gasteiger partial charge in [0.15, 0.2) is 5.76 Å². The van der Waals surface area contributed by atoms with Crippen LogP contribution in [0.3, 0.4) is 0 Å². The van der Waals surface area contributed by atoms with Gasteiger partial charge in [-0.1, -0.05) is 75.4 Å². The minimum absolute atomic E-state index is 0.0417. The van der Waals surface area contributed by atoms with Gasteiger partial charge >= 0.3 is 5.97 Å². The number of ether oxygens (including phenoxy) is 2. The van der Waals surface area contributed by atoms with Gasteiger partial charge in [0.1, 0.15) is 5.69 Å². The molecule has 0 bridgehead atoms. The van der Waals surface area contributed by atoms with Crippen LogP contribution in [0, 0.1) is 6.92 Å². The minimum Gasteiger partial charge on any atom is -0.452 e. The maximum Gasteiger partial charge on any atom is 0.313 e. The molecule has 0 N–H and O–H groups in total. The zero-order valence-corrected chi connectivity index (χ0v) is 22.4. The number of aryl methyl sites for hydroxylation is 2. The number of esters is 1. The summed E-state index contributed by atoms with van der Waals surface area (Å²) >= 11 is 0. The predicted molar refractivity (Wildman–Crippen MR) is 146 cm³/mol. The second-order valence-electron chi connectivity index (χ2n) is 9.78. The maximum atomic E-state index is 12.6. The molecule has 0 saturated carbocycles. The van der Waals surface area contributed by atoms with Crippen molar-refractivity contribution in [3.63, 3.8) is 0 Å². The number of rotatable bonds is 9. The quantitative estimate of drug-likeness (QED) is 0.155. The first-order chi connectivity index (χ1) is 17.1. The van der Waals surface area contributed by atoms with E-state index in [-0.39, 0.29) is 17.8 Å². The standard InChI is InChI=1S/C30H37N3O3/c1-8-33-27(18-21(2)32-33)29(36-22(3)35-28(34)19-23-12-10-9-11-13-23)26(20-31-7)24-14-16-25(17-15-24)30(4,5)6/h9-18,20,22H,8,19H2,1-7H3/b29-26-,31-20-. The molecule has 0 spiro atoms. The summed E-state index contributed by atoms with van der Waals surface area (Å²) < 4.78 is 13.9.